The minimum absolute atomic E-state index is 0.474. The molecule has 0 atom stereocenters. The van der Waals surface area contributed by atoms with Crippen LogP contribution < -0.4 is 20.1 Å². The van der Waals surface area contributed by atoms with Crippen LogP contribution in [0.2, 0.25) is 0 Å². The van der Waals surface area contributed by atoms with Crippen molar-refractivity contribution in [3.8, 4) is 11.5 Å². The van der Waals surface area contributed by atoms with Gasteiger partial charge in [0.2, 0.25) is 5.95 Å². The molecule has 0 spiro atoms. The Balaban J connectivity index is 1.58. The summed E-state index contributed by atoms with van der Waals surface area (Å²) in [6.45, 7) is 3.25. The summed E-state index contributed by atoms with van der Waals surface area (Å²) in [6.07, 6.45) is 2.43. The van der Waals surface area contributed by atoms with Crippen LogP contribution in [0.15, 0.2) is 54.7 Å². The first-order chi connectivity index (χ1) is 13.3. The van der Waals surface area contributed by atoms with Crippen LogP contribution in [-0.4, -0.2) is 35.4 Å². The van der Waals surface area contributed by atoms with Gasteiger partial charge in [-0.05, 0) is 43.2 Å². The quantitative estimate of drug-likeness (QED) is 0.599. The van der Waals surface area contributed by atoms with E-state index in [1.807, 2.05) is 55.5 Å². The van der Waals surface area contributed by atoms with Gasteiger partial charge in [0, 0.05) is 6.54 Å². The monoisotopic (exact) mass is 365 g/mol. The summed E-state index contributed by atoms with van der Waals surface area (Å²) in [5.74, 6) is 2.70. The summed E-state index contributed by atoms with van der Waals surface area (Å²) in [5.41, 5.74) is 2.04. The highest BCUT2D eigenvalue weighted by Crippen LogP contribution is 2.26. The predicted molar refractivity (Wildman–Crippen MR) is 106 cm³/mol. The van der Waals surface area contributed by atoms with Gasteiger partial charge in [-0.2, -0.15) is 10.1 Å². The molecule has 27 heavy (non-hydrogen) atoms. The number of hydrogen-bond acceptors (Lipinski definition) is 7. The zero-order chi connectivity index (χ0) is 18.9. The fraction of sp³-hybridized carbons (Fsp3) is 0.250. The van der Waals surface area contributed by atoms with Crippen molar-refractivity contribution in [2.24, 2.45) is 0 Å². The number of nitrogens with zero attached hydrogens (tertiary/aromatic N) is 3. The molecule has 0 aliphatic carbocycles. The summed E-state index contributed by atoms with van der Waals surface area (Å²) in [4.78, 5) is 4.46. The lowest BCUT2D eigenvalue weighted by molar-refractivity contribution is 0.342. The standard InChI is InChI=1S/C20H23N5O2/c1-3-27-18-7-5-4-6-17(18)23-19-14-22-25-20(24-19)21-13-12-15-8-10-16(26-2)11-9-15/h4-11,14H,3,12-13H2,1-2H3,(H2,21,23,24,25). The van der Waals surface area contributed by atoms with Gasteiger partial charge in [-0.15, -0.1) is 5.10 Å². The molecule has 2 aromatic carbocycles. The van der Waals surface area contributed by atoms with Crippen molar-refractivity contribution in [3.63, 3.8) is 0 Å². The van der Waals surface area contributed by atoms with E-state index in [9.17, 15) is 0 Å². The highest BCUT2D eigenvalue weighted by Gasteiger charge is 2.05. The van der Waals surface area contributed by atoms with Crippen LogP contribution in [0.25, 0.3) is 0 Å². The normalized spacial score (nSPS) is 10.3. The zero-order valence-corrected chi connectivity index (χ0v) is 15.5. The molecule has 0 unspecified atom stereocenters. The average molecular weight is 365 g/mol. The molecule has 3 rings (SSSR count). The largest absolute Gasteiger partial charge is 0.497 e. The SMILES string of the molecule is CCOc1ccccc1Nc1cnnc(NCCc2ccc(OC)cc2)n1. The molecule has 0 radical (unpaired) electrons. The number of anilines is 3. The minimum Gasteiger partial charge on any atom is -0.497 e. The Hall–Kier alpha value is -3.35. The van der Waals surface area contributed by atoms with Crippen molar-refractivity contribution in [1.29, 1.82) is 0 Å². The van der Waals surface area contributed by atoms with Gasteiger partial charge in [-0.3, -0.25) is 0 Å². The molecule has 2 N–H and O–H groups in total. The van der Waals surface area contributed by atoms with Gasteiger partial charge in [-0.1, -0.05) is 24.3 Å². The van der Waals surface area contributed by atoms with Crippen LogP contribution in [0.5, 0.6) is 11.5 Å². The second-order valence-corrected chi connectivity index (χ2v) is 5.74. The smallest absolute Gasteiger partial charge is 0.244 e. The molecule has 7 nitrogen and oxygen atoms in total. The highest BCUT2D eigenvalue weighted by atomic mass is 16.5. The maximum atomic E-state index is 5.62. The van der Waals surface area contributed by atoms with E-state index in [4.69, 9.17) is 9.47 Å². The summed E-state index contributed by atoms with van der Waals surface area (Å²) >= 11 is 0. The van der Waals surface area contributed by atoms with Gasteiger partial charge in [-0.25, -0.2) is 0 Å². The summed E-state index contributed by atoms with van der Waals surface area (Å²) < 4.78 is 10.8. The lowest BCUT2D eigenvalue weighted by Crippen LogP contribution is -2.10. The molecule has 0 aliphatic rings. The van der Waals surface area contributed by atoms with Crippen LogP contribution >= 0.6 is 0 Å². The van der Waals surface area contributed by atoms with E-state index in [1.165, 1.54) is 5.56 Å². The van der Waals surface area contributed by atoms with Crippen LogP contribution in [-0.2, 0) is 6.42 Å². The first kappa shape index (κ1) is 18.4. The molecule has 1 heterocycles. The number of ether oxygens (including phenoxy) is 2. The minimum atomic E-state index is 0.474. The van der Waals surface area contributed by atoms with Gasteiger partial charge < -0.3 is 20.1 Å². The molecule has 140 valence electrons. The maximum Gasteiger partial charge on any atom is 0.244 e. The third-order valence-corrected chi connectivity index (χ3v) is 3.86. The lowest BCUT2D eigenvalue weighted by atomic mass is 10.1. The van der Waals surface area contributed by atoms with Crippen LogP contribution in [0, 0.1) is 0 Å². The molecule has 0 amide bonds. The van der Waals surface area contributed by atoms with E-state index in [0.29, 0.717) is 24.9 Å². The number of para-hydroxylation sites is 2. The number of benzene rings is 2. The van der Waals surface area contributed by atoms with Crippen LogP contribution in [0.1, 0.15) is 12.5 Å². The maximum absolute atomic E-state index is 5.62. The Morgan fingerprint density at radius 3 is 2.63 bits per heavy atom. The van der Waals surface area contributed by atoms with E-state index in [2.05, 4.69) is 25.8 Å². The van der Waals surface area contributed by atoms with Gasteiger partial charge in [0.1, 0.15) is 11.5 Å². The van der Waals surface area contributed by atoms with Crippen molar-refractivity contribution in [2.75, 3.05) is 30.9 Å². The molecule has 0 saturated carbocycles. The summed E-state index contributed by atoms with van der Waals surface area (Å²) in [5, 5.41) is 14.5. The Morgan fingerprint density at radius 1 is 1.04 bits per heavy atom. The van der Waals surface area contributed by atoms with E-state index in [0.717, 1.165) is 23.6 Å². The lowest BCUT2D eigenvalue weighted by Gasteiger charge is -2.12. The topological polar surface area (TPSA) is 81.2 Å². The van der Waals surface area contributed by atoms with Crippen molar-refractivity contribution >= 4 is 17.5 Å². The van der Waals surface area contributed by atoms with Gasteiger partial charge in [0.15, 0.2) is 5.82 Å². The number of aromatic nitrogens is 3. The molecular formula is C20H23N5O2. The van der Waals surface area contributed by atoms with Gasteiger partial charge in [0.05, 0.1) is 25.6 Å². The molecule has 0 fully saturated rings. The average Bonchev–Trinajstić information content (AvgIpc) is 2.71. The van der Waals surface area contributed by atoms with E-state index < -0.39 is 0 Å². The predicted octanol–water partition coefficient (Wildman–Crippen LogP) is 3.68. The van der Waals surface area contributed by atoms with Crippen LogP contribution in [0.4, 0.5) is 17.5 Å². The number of rotatable bonds is 9. The molecule has 7 heteroatoms. The fourth-order valence-corrected chi connectivity index (χ4v) is 2.54. The number of nitrogens with one attached hydrogen (secondary N) is 2. The first-order valence-corrected chi connectivity index (χ1v) is 8.84. The third kappa shape index (κ3) is 5.31. The Morgan fingerprint density at radius 2 is 1.85 bits per heavy atom. The molecule has 0 aliphatic heterocycles. The third-order valence-electron chi connectivity index (χ3n) is 3.86. The van der Waals surface area contributed by atoms with E-state index in [1.54, 1.807) is 13.3 Å². The van der Waals surface area contributed by atoms with Gasteiger partial charge in [0.25, 0.3) is 0 Å². The summed E-state index contributed by atoms with van der Waals surface area (Å²) in [7, 11) is 1.66. The van der Waals surface area contributed by atoms with E-state index in [-0.39, 0.29) is 0 Å². The Bertz CT molecular complexity index is 855. The molecule has 0 saturated heterocycles. The number of hydrogen-bond donors (Lipinski definition) is 2. The number of methoxy groups -OCH3 is 1. The zero-order valence-electron chi connectivity index (χ0n) is 15.5. The van der Waals surface area contributed by atoms with Gasteiger partial charge >= 0.3 is 0 Å². The van der Waals surface area contributed by atoms with Crippen molar-refractivity contribution in [1.82, 2.24) is 15.2 Å². The van der Waals surface area contributed by atoms with Crippen molar-refractivity contribution < 1.29 is 9.47 Å². The molecular weight excluding hydrogens is 342 g/mol. The Labute approximate surface area is 158 Å². The Kier molecular flexibility index (Phi) is 6.40. The summed E-state index contributed by atoms with van der Waals surface area (Å²) in [6, 6.07) is 15.7. The second kappa shape index (κ2) is 9.38. The molecule has 1 aromatic heterocycles. The molecule has 0 bridgehead atoms. The van der Waals surface area contributed by atoms with Crippen LogP contribution in [0.3, 0.4) is 0 Å². The highest BCUT2D eigenvalue weighted by molar-refractivity contribution is 5.63. The van der Waals surface area contributed by atoms with E-state index >= 15 is 0 Å². The van der Waals surface area contributed by atoms with Crippen molar-refractivity contribution in [3.05, 3.63) is 60.3 Å². The fourth-order valence-electron chi connectivity index (χ4n) is 2.54. The first-order valence-electron chi connectivity index (χ1n) is 8.84. The second-order valence-electron chi connectivity index (χ2n) is 5.74. The molecule has 3 aromatic rings. The van der Waals surface area contributed by atoms with Crippen molar-refractivity contribution in [2.45, 2.75) is 13.3 Å².